The Labute approximate surface area is 117 Å². The Morgan fingerprint density at radius 3 is 3.11 bits per heavy atom. The van der Waals surface area contributed by atoms with Crippen LogP contribution in [-0.4, -0.2) is 40.8 Å². The number of carbonyl (C=O) groups is 1. The number of carboxylic acids is 1. The minimum absolute atomic E-state index is 0.271. The highest BCUT2D eigenvalue weighted by Gasteiger charge is 2.19. The molecule has 0 spiro atoms. The Balaban J connectivity index is 1.90. The van der Waals surface area contributed by atoms with E-state index >= 15 is 0 Å². The van der Waals surface area contributed by atoms with Crippen LogP contribution in [0, 0.1) is 5.92 Å². The van der Waals surface area contributed by atoms with Crippen LogP contribution in [0.4, 0.5) is 0 Å². The van der Waals surface area contributed by atoms with Gasteiger partial charge >= 0.3 is 5.97 Å². The minimum atomic E-state index is -0.920. The molecular weight excluding hydrogens is 262 g/mol. The van der Waals surface area contributed by atoms with Crippen molar-refractivity contribution >= 4 is 23.4 Å². The van der Waals surface area contributed by atoms with Crippen LogP contribution >= 0.6 is 11.3 Å². The first-order valence-corrected chi connectivity index (χ1v) is 7.32. The van der Waals surface area contributed by atoms with Gasteiger partial charge in [-0.3, -0.25) is 4.90 Å². The highest BCUT2D eigenvalue weighted by atomic mass is 32.1. The maximum atomic E-state index is 10.5. The van der Waals surface area contributed by atoms with Gasteiger partial charge in [-0.25, -0.2) is 4.79 Å². The molecule has 1 unspecified atom stereocenters. The predicted octanol–water partition coefficient (Wildman–Crippen LogP) is 2.05. The van der Waals surface area contributed by atoms with Gasteiger partial charge < -0.3 is 10.2 Å². The molecule has 4 nitrogen and oxygen atoms in total. The van der Waals surface area contributed by atoms with Gasteiger partial charge in [-0.05, 0) is 43.5 Å². The lowest BCUT2D eigenvalue weighted by molar-refractivity contribution is -0.131. The standard InChI is InChI=1S/C14H19NO3S/c16-10-11-2-1-7-15(8-11)9-13-4-3-12(19-13)5-6-14(17)18/h3-6,11,16H,1-2,7-10H2,(H,17,18)/b6-5+. The topological polar surface area (TPSA) is 60.8 Å². The molecule has 0 aromatic carbocycles. The van der Waals surface area contributed by atoms with E-state index in [1.54, 1.807) is 17.4 Å². The van der Waals surface area contributed by atoms with Gasteiger partial charge in [-0.1, -0.05) is 0 Å². The number of nitrogens with zero attached hydrogens (tertiary/aromatic N) is 1. The van der Waals surface area contributed by atoms with E-state index in [-0.39, 0.29) is 6.61 Å². The van der Waals surface area contributed by atoms with Crippen LogP contribution in [0.25, 0.3) is 6.08 Å². The molecular formula is C14H19NO3S. The molecule has 0 saturated carbocycles. The lowest BCUT2D eigenvalue weighted by atomic mass is 9.99. The first-order chi connectivity index (χ1) is 9.17. The predicted molar refractivity (Wildman–Crippen MR) is 76.1 cm³/mol. The zero-order valence-corrected chi connectivity index (χ0v) is 11.6. The van der Waals surface area contributed by atoms with Crippen LogP contribution in [-0.2, 0) is 11.3 Å². The van der Waals surface area contributed by atoms with Gasteiger partial charge in [0.05, 0.1) is 0 Å². The minimum Gasteiger partial charge on any atom is -0.478 e. The summed E-state index contributed by atoms with van der Waals surface area (Å²) in [5.41, 5.74) is 0. The average Bonchev–Trinajstić information content (AvgIpc) is 2.84. The van der Waals surface area contributed by atoms with Crippen LogP contribution in [0.3, 0.4) is 0 Å². The summed E-state index contributed by atoms with van der Waals surface area (Å²) in [4.78, 5) is 15.0. The summed E-state index contributed by atoms with van der Waals surface area (Å²) in [5.74, 6) is -0.517. The molecule has 0 bridgehead atoms. The van der Waals surface area contributed by atoms with E-state index in [1.807, 2.05) is 6.07 Å². The van der Waals surface area contributed by atoms with Crippen molar-refractivity contribution in [2.75, 3.05) is 19.7 Å². The van der Waals surface area contributed by atoms with E-state index in [4.69, 9.17) is 5.11 Å². The molecule has 1 aromatic rings. The number of likely N-dealkylation sites (tertiary alicyclic amines) is 1. The molecule has 1 saturated heterocycles. The summed E-state index contributed by atoms with van der Waals surface area (Å²) in [6.45, 7) is 3.19. The van der Waals surface area contributed by atoms with Crippen molar-refractivity contribution < 1.29 is 15.0 Å². The fraction of sp³-hybridized carbons (Fsp3) is 0.500. The maximum Gasteiger partial charge on any atom is 0.328 e. The molecule has 0 amide bonds. The summed E-state index contributed by atoms with van der Waals surface area (Å²) in [6, 6.07) is 4.00. The van der Waals surface area contributed by atoms with Crippen LogP contribution in [0.2, 0.25) is 0 Å². The summed E-state index contributed by atoms with van der Waals surface area (Å²) < 4.78 is 0. The van der Waals surface area contributed by atoms with E-state index in [1.165, 1.54) is 4.88 Å². The first kappa shape index (κ1) is 14.2. The highest BCUT2D eigenvalue weighted by Crippen LogP contribution is 2.23. The lowest BCUT2D eigenvalue weighted by Gasteiger charge is -2.31. The fourth-order valence-corrected chi connectivity index (χ4v) is 3.34. The number of rotatable bonds is 5. The molecule has 1 aromatic heterocycles. The molecule has 1 fully saturated rings. The van der Waals surface area contributed by atoms with Crippen molar-refractivity contribution in [3.8, 4) is 0 Å². The summed E-state index contributed by atoms with van der Waals surface area (Å²) in [7, 11) is 0. The smallest absolute Gasteiger partial charge is 0.328 e. The van der Waals surface area contributed by atoms with E-state index in [2.05, 4.69) is 11.0 Å². The SMILES string of the molecule is O=C(O)/C=C/c1ccc(CN2CCCC(CO)C2)s1. The van der Waals surface area contributed by atoms with Gasteiger partial charge in [0, 0.05) is 35.5 Å². The van der Waals surface area contributed by atoms with Gasteiger partial charge in [-0.15, -0.1) is 11.3 Å². The molecule has 2 heterocycles. The molecule has 1 atom stereocenters. The molecule has 1 aliphatic heterocycles. The zero-order valence-electron chi connectivity index (χ0n) is 10.8. The Bertz CT molecular complexity index is 455. The van der Waals surface area contributed by atoms with Crippen LogP contribution in [0.5, 0.6) is 0 Å². The first-order valence-electron chi connectivity index (χ1n) is 6.50. The van der Waals surface area contributed by atoms with E-state index in [0.29, 0.717) is 5.92 Å². The third-order valence-electron chi connectivity index (χ3n) is 3.31. The largest absolute Gasteiger partial charge is 0.478 e. The number of hydrogen-bond acceptors (Lipinski definition) is 4. The second-order valence-electron chi connectivity index (χ2n) is 4.90. The quantitative estimate of drug-likeness (QED) is 0.811. The molecule has 0 aliphatic carbocycles. The Morgan fingerprint density at radius 2 is 2.37 bits per heavy atom. The molecule has 1 aliphatic rings. The van der Waals surface area contributed by atoms with Gasteiger partial charge in [-0.2, -0.15) is 0 Å². The molecule has 19 heavy (non-hydrogen) atoms. The van der Waals surface area contributed by atoms with E-state index in [0.717, 1.165) is 43.4 Å². The zero-order chi connectivity index (χ0) is 13.7. The number of carboxylic acid groups (broad SMARTS) is 1. The summed E-state index contributed by atoms with van der Waals surface area (Å²) >= 11 is 1.62. The number of thiophene rings is 1. The molecule has 2 rings (SSSR count). The second-order valence-corrected chi connectivity index (χ2v) is 6.10. The van der Waals surface area contributed by atoms with Crippen molar-refractivity contribution in [1.29, 1.82) is 0 Å². The van der Waals surface area contributed by atoms with Gasteiger partial charge in [0.1, 0.15) is 0 Å². The van der Waals surface area contributed by atoms with Gasteiger partial charge in [0.15, 0.2) is 0 Å². The van der Waals surface area contributed by atoms with Gasteiger partial charge in [0.2, 0.25) is 0 Å². The number of aliphatic hydroxyl groups is 1. The molecule has 104 valence electrons. The normalized spacial score (nSPS) is 21.0. The molecule has 5 heteroatoms. The van der Waals surface area contributed by atoms with Gasteiger partial charge in [0.25, 0.3) is 0 Å². The third-order valence-corrected chi connectivity index (χ3v) is 4.35. The number of piperidine rings is 1. The Kier molecular flexibility index (Phi) is 5.13. The van der Waals surface area contributed by atoms with E-state index < -0.39 is 5.97 Å². The van der Waals surface area contributed by atoms with Crippen LogP contribution < -0.4 is 0 Å². The average molecular weight is 281 g/mol. The van der Waals surface area contributed by atoms with E-state index in [9.17, 15) is 9.90 Å². The second kappa shape index (κ2) is 6.84. The number of hydrogen-bond donors (Lipinski definition) is 2. The fourth-order valence-electron chi connectivity index (χ4n) is 2.39. The number of aliphatic hydroxyl groups excluding tert-OH is 1. The summed E-state index contributed by atoms with van der Waals surface area (Å²) in [6.07, 6.45) is 5.05. The summed E-state index contributed by atoms with van der Waals surface area (Å²) in [5, 5.41) is 17.8. The van der Waals surface area contributed by atoms with Crippen LogP contribution in [0.1, 0.15) is 22.6 Å². The van der Waals surface area contributed by atoms with Crippen molar-refractivity contribution in [2.24, 2.45) is 5.92 Å². The third kappa shape index (κ3) is 4.45. The lowest BCUT2D eigenvalue weighted by Crippen LogP contribution is -2.36. The Morgan fingerprint density at radius 1 is 1.53 bits per heavy atom. The molecule has 0 radical (unpaired) electrons. The van der Waals surface area contributed by atoms with Crippen molar-refractivity contribution in [3.63, 3.8) is 0 Å². The maximum absolute atomic E-state index is 10.5. The van der Waals surface area contributed by atoms with Crippen LogP contribution in [0.15, 0.2) is 18.2 Å². The van der Waals surface area contributed by atoms with Crippen molar-refractivity contribution in [2.45, 2.75) is 19.4 Å². The number of aliphatic carboxylic acids is 1. The van der Waals surface area contributed by atoms with Crippen molar-refractivity contribution in [3.05, 3.63) is 28.0 Å². The highest BCUT2D eigenvalue weighted by molar-refractivity contribution is 7.12. The Hall–Kier alpha value is -1.17. The monoisotopic (exact) mass is 281 g/mol. The molecule has 2 N–H and O–H groups in total. The van der Waals surface area contributed by atoms with Crippen molar-refractivity contribution in [1.82, 2.24) is 4.90 Å².